The zero-order valence-corrected chi connectivity index (χ0v) is 12.1. The van der Waals surface area contributed by atoms with Gasteiger partial charge in [-0.3, -0.25) is 4.79 Å². The smallest absolute Gasteiger partial charge is 0.312 e. The standard InChI is InChI=1S/C16H20F3NO/c1-2-20(13-9-5-3-6-10-13)14(21)15(16(17,18)19)11-7-4-8-12-15/h3,5-6,9-10H,2,4,7-8,11-12H2,1H3. The lowest BCUT2D eigenvalue weighted by Crippen LogP contribution is -2.53. The highest BCUT2D eigenvalue weighted by Gasteiger charge is 2.61. The van der Waals surface area contributed by atoms with Crippen molar-refractivity contribution >= 4 is 11.6 Å². The lowest BCUT2D eigenvalue weighted by Gasteiger charge is -2.40. The number of rotatable bonds is 3. The predicted molar refractivity (Wildman–Crippen MR) is 76.0 cm³/mol. The molecule has 1 saturated carbocycles. The number of halogens is 3. The van der Waals surface area contributed by atoms with Crippen molar-refractivity contribution in [3.63, 3.8) is 0 Å². The number of amides is 1. The minimum Gasteiger partial charge on any atom is -0.312 e. The van der Waals surface area contributed by atoms with Crippen molar-refractivity contribution < 1.29 is 18.0 Å². The molecule has 2 rings (SSSR count). The van der Waals surface area contributed by atoms with E-state index in [1.165, 1.54) is 4.90 Å². The molecule has 0 radical (unpaired) electrons. The molecule has 2 nitrogen and oxygen atoms in total. The van der Waals surface area contributed by atoms with Crippen molar-refractivity contribution in [1.82, 2.24) is 0 Å². The summed E-state index contributed by atoms with van der Waals surface area (Å²) < 4.78 is 40.8. The summed E-state index contributed by atoms with van der Waals surface area (Å²) >= 11 is 0. The van der Waals surface area contributed by atoms with Crippen LogP contribution in [0.2, 0.25) is 0 Å². The number of hydrogen-bond acceptors (Lipinski definition) is 1. The van der Waals surface area contributed by atoms with E-state index in [1.807, 2.05) is 0 Å². The highest BCUT2D eigenvalue weighted by Crippen LogP contribution is 2.50. The van der Waals surface area contributed by atoms with Gasteiger partial charge in [-0.25, -0.2) is 0 Å². The Morgan fingerprint density at radius 3 is 2.19 bits per heavy atom. The molecule has 1 aliphatic rings. The van der Waals surface area contributed by atoms with Crippen LogP contribution in [0.1, 0.15) is 39.0 Å². The third-order valence-corrected chi connectivity index (χ3v) is 4.29. The van der Waals surface area contributed by atoms with E-state index in [-0.39, 0.29) is 19.4 Å². The van der Waals surface area contributed by atoms with Crippen LogP contribution in [-0.2, 0) is 4.79 Å². The summed E-state index contributed by atoms with van der Waals surface area (Å²) in [5.74, 6) is -0.802. The molecule has 0 bridgehead atoms. The topological polar surface area (TPSA) is 20.3 Å². The number of benzene rings is 1. The average Bonchev–Trinajstić information content (AvgIpc) is 2.48. The van der Waals surface area contributed by atoms with E-state index >= 15 is 0 Å². The van der Waals surface area contributed by atoms with Gasteiger partial charge in [0.05, 0.1) is 0 Å². The number of alkyl halides is 3. The second kappa shape index (κ2) is 6.08. The van der Waals surface area contributed by atoms with Crippen LogP contribution >= 0.6 is 0 Å². The van der Waals surface area contributed by atoms with E-state index in [0.29, 0.717) is 18.5 Å². The summed E-state index contributed by atoms with van der Waals surface area (Å²) in [7, 11) is 0. The molecule has 1 aromatic rings. The molecule has 0 aromatic heterocycles. The second-order valence-corrected chi connectivity index (χ2v) is 5.53. The Morgan fingerprint density at radius 2 is 1.71 bits per heavy atom. The monoisotopic (exact) mass is 299 g/mol. The highest BCUT2D eigenvalue weighted by molar-refractivity contribution is 5.98. The van der Waals surface area contributed by atoms with Crippen LogP contribution in [0, 0.1) is 5.41 Å². The van der Waals surface area contributed by atoms with Gasteiger partial charge in [0.2, 0.25) is 5.91 Å². The quantitative estimate of drug-likeness (QED) is 0.801. The van der Waals surface area contributed by atoms with Crippen molar-refractivity contribution in [1.29, 1.82) is 0 Å². The van der Waals surface area contributed by atoms with Crippen molar-refractivity contribution in [3.8, 4) is 0 Å². The zero-order chi connectivity index (χ0) is 15.5. The number of hydrogen-bond donors (Lipinski definition) is 0. The number of carbonyl (C=O) groups is 1. The molecule has 1 amide bonds. The first-order valence-corrected chi connectivity index (χ1v) is 7.36. The van der Waals surface area contributed by atoms with Gasteiger partial charge in [-0.15, -0.1) is 0 Å². The Labute approximate surface area is 122 Å². The minimum atomic E-state index is -4.49. The van der Waals surface area contributed by atoms with E-state index in [9.17, 15) is 18.0 Å². The van der Waals surface area contributed by atoms with Gasteiger partial charge in [-0.05, 0) is 31.9 Å². The van der Waals surface area contributed by atoms with E-state index in [4.69, 9.17) is 0 Å². The summed E-state index contributed by atoms with van der Waals surface area (Å²) in [6.07, 6.45) is -3.01. The summed E-state index contributed by atoms with van der Waals surface area (Å²) in [4.78, 5) is 14.0. The normalized spacial score (nSPS) is 18.3. The van der Waals surface area contributed by atoms with Crippen molar-refractivity contribution in [2.45, 2.75) is 45.2 Å². The van der Waals surface area contributed by atoms with Gasteiger partial charge >= 0.3 is 6.18 Å². The molecule has 21 heavy (non-hydrogen) atoms. The van der Waals surface area contributed by atoms with Gasteiger partial charge in [0.25, 0.3) is 0 Å². The van der Waals surface area contributed by atoms with Gasteiger partial charge in [-0.1, -0.05) is 37.5 Å². The molecular weight excluding hydrogens is 279 g/mol. The first-order chi connectivity index (χ1) is 9.92. The van der Waals surface area contributed by atoms with E-state index in [2.05, 4.69) is 0 Å². The van der Waals surface area contributed by atoms with Crippen molar-refractivity contribution in [3.05, 3.63) is 30.3 Å². The van der Waals surface area contributed by atoms with Gasteiger partial charge in [0, 0.05) is 12.2 Å². The van der Waals surface area contributed by atoms with E-state index in [1.54, 1.807) is 37.3 Å². The first kappa shape index (κ1) is 15.9. The maximum atomic E-state index is 13.6. The number of nitrogens with zero attached hydrogens (tertiary/aromatic N) is 1. The Kier molecular flexibility index (Phi) is 4.59. The van der Waals surface area contributed by atoms with Crippen LogP contribution in [0.4, 0.5) is 18.9 Å². The molecule has 0 unspecified atom stereocenters. The van der Waals surface area contributed by atoms with Crippen molar-refractivity contribution in [2.75, 3.05) is 11.4 Å². The molecule has 0 heterocycles. The Hall–Kier alpha value is -1.52. The number of anilines is 1. The maximum Gasteiger partial charge on any atom is 0.403 e. The Bertz CT molecular complexity index is 478. The largest absolute Gasteiger partial charge is 0.403 e. The Balaban J connectivity index is 2.37. The zero-order valence-electron chi connectivity index (χ0n) is 12.1. The fourth-order valence-electron chi connectivity index (χ4n) is 3.08. The van der Waals surface area contributed by atoms with Crippen LogP contribution in [0.3, 0.4) is 0 Å². The van der Waals surface area contributed by atoms with E-state index in [0.717, 1.165) is 6.42 Å². The van der Waals surface area contributed by atoms with E-state index < -0.39 is 17.5 Å². The lowest BCUT2D eigenvalue weighted by atomic mass is 9.72. The third kappa shape index (κ3) is 2.92. The minimum absolute atomic E-state index is 0.0985. The highest BCUT2D eigenvalue weighted by atomic mass is 19.4. The van der Waals surface area contributed by atoms with Crippen LogP contribution in [0.15, 0.2) is 30.3 Å². The molecule has 116 valence electrons. The molecule has 5 heteroatoms. The average molecular weight is 299 g/mol. The van der Waals surface area contributed by atoms with Gasteiger partial charge < -0.3 is 4.90 Å². The van der Waals surface area contributed by atoms with Gasteiger partial charge in [0.1, 0.15) is 5.41 Å². The summed E-state index contributed by atoms with van der Waals surface area (Å²) in [5.41, 5.74) is -1.68. The summed E-state index contributed by atoms with van der Waals surface area (Å²) in [6, 6.07) is 8.59. The summed E-state index contributed by atoms with van der Waals surface area (Å²) in [6.45, 7) is 1.94. The van der Waals surface area contributed by atoms with Crippen LogP contribution < -0.4 is 4.90 Å². The molecule has 0 N–H and O–H groups in total. The maximum absolute atomic E-state index is 13.6. The number of para-hydroxylation sites is 1. The molecular formula is C16H20F3NO. The summed E-state index contributed by atoms with van der Waals surface area (Å²) in [5, 5.41) is 0. The SMILES string of the molecule is CCN(C(=O)C1(C(F)(F)F)CCCCC1)c1ccccc1. The first-order valence-electron chi connectivity index (χ1n) is 7.36. The molecule has 0 spiro atoms. The molecule has 1 aromatic carbocycles. The molecule has 0 aliphatic heterocycles. The van der Waals surface area contributed by atoms with Gasteiger partial charge in [0.15, 0.2) is 0 Å². The van der Waals surface area contributed by atoms with Crippen molar-refractivity contribution in [2.24, 2.45) is 5.41 Å². The van der Waals surface area contributed by atoms with Crippen LogP contribution in [0.5, 0.6) is 0 Å². The Morgan fingerprint density at radius 1 is 1.14 bits per heavy atom. The number of carbonyl (C=O) groups excluding carboxylic acids is 1. The second-order valence-electron chi connectivity index (χ2n) is 5.53. The fourth-order valence-corrected chi connectivity index (χ4v) is 3.08. The molecule has 1 aliphatic carbocycles. The molecule has 0 atom stereocenters. The lowest BCUT2D eigenvalue weighted by molar-refractivity contribution is -0.228. The van der Waals surface area contributed by atoms with Crippen LogP contribution in [0.25, 0.3) is 0 Å². The van der Waals surface area contributed by atoms with Crippen LogP contribution in [-0.4, -0.2) is 18.6 Å². The fraction of sp³-hybridized carbons (Fsp3) is 0.562. The predicted octanol–water partition coefficient (Wildman–Crippen LogP) is 4.55. The third-order valence-electron chi connectivity index (χ3n) is 4.29. The molecule has 1 fully saturated rings. The molecule has 0 saturated heterocycles. The van der Waals surface area contributed by atoms with Gasteiger partial charge in [-0.2, -0.15) is 13.2 Å².